The standard InChI is InChI=1S/C15H16N2O3S/c1-3-17(9-11-5-4-8-21-11)14(18)13-7-6-12(15(19)20)10(2)16-13/h4-8H,3,9H2,1-2H3,(H,19,20). The van der Waals surface area contributed by atoms with Gasteiger partial charge in [0, 0.05) is 11.4 Å². The first-order valence-corrected chi connectivity index (χ1v) is 7.43. The van der Waals surface area contributed by atoms with E-state index < -0.39 is 5.97 Å². The average Bonchev–Trinajstić information content (AvgIpc) is 2.96. The Hall–Kier alpha value is -2.21. The van der Waals surface area contributed by atoms with Crippen molar-refractivity contribution in [2.45, 2.75) is 20.4 Å². The van der Waals surface area contributed by atoms with Crippen LogP contribution in [0.25, 0.3) is 0 Å². The first-order valence-electron chi connectivity index (χ1n) is 6.55. The number of pyridine rings is 1. The molecule has 1 amide bonds. The van der Waals surface area contributed by atoms with Crippen molar-refractivity contribution in [3.63, 3.8) is 0 Å². The van der Waals surface area contributed by atoms with Crippen LogP contribution in [0.1, 0.15) is 38.3 Å². The zero-order valence-electron chi connectivity index (χ0n) is 11.9. The van der Waals surface area contributed by atoms with Crippen LogP contribution < -0.4 is 0 Å². The normalized spacial score (nSPS) is 10.4. The molecule has 2 aromatic rings. The molecule has 0 aliphatic rings. The molecule has 2 heterocycles. The SMILES string of the molecule is CCN(Cc1cccs1)C(=O)c1ccc(C(=O)O)c(C)n1. The van der Waals surface area contributed by atoms with Crippen LogP contribution >= 0.6 is 11.3 Å². The molecule has 6 heteroatoms. The number of carboxylic acids is 1. The predicted octanol–water partition coefficient (Wildman–Crippen LogP) is 2.81. The monoisotopic (exact) mass is 304 g/mol. The van der Waals surface area contributed by atoms with Crippen LogP contribution in [-0.2, 0) is 6.54 Å². The molecule has 0 unspecified atom stereocenters. The van der Waals surface area contributed by atoms with Gasteiger partial charge in [0.1, 0.15) is 5.69 Å². The molecule has 21 heavy (non-hydrogen) atoms. The van der Waals surface area contributed by atoms with E-state index in [0.717, 1.165) is 4.88 Å². The third kappa shape index (κ3) is 3.46. The quantitative estimate of drug-likeness (QED) is 0.922. The molecule has 2 aromatic heterocycles. The van der Waals surface area contributed by atoms with Crippen molar-refractivity contribution in [1.82, 2.24) is 9.88 Å². The number of carbonyl (C=O) groups excluding carboxylic acids is 1. The van der Waals surface area contributed by atoms with E-state index >= 15 is 0 Å². The van der Waals surface area contributed by atoms with Crippen molar-refractivity contribution >= 4 is 23.2 Å². The maximum Gasteiger partial charge on any atom is 0.337 e. The number of aromatic carboxylic acids is 1. The molecule has 0 atom stereocenters. The predicted molar refractivity (Wildman–Crippen MR) is 80.7 cm³/mol. The largest absolute Gasteiger partial charge is 0.478 e. The summed E-state index contributed by atoms with van der Waals surface area (Å²) in [6.07, 6.45) is 0. The lowest BCUT2D eigenvalue weighted by Crippen LogP contribution is -2.31. The smallest absolute Gasteiger partial charge is 0.337 e. The van der Waals surface area contributed by atoms with Gasteiger partial charge in [-0.15, -0.1) is 11.3 Å². The van der Waals surface area contributed by atoms with Gasteiger partial charge in [-0.25, -0.2) is 9.78 Å². The Balaban J connectivity index is 2.21. The minimum atomic E-state index is -1.04. The second-order valence-electron chi connectivity index (χ2n) is 4.53. The van der Waals surface area contributed by atoms with E-state index in [9.17, 15) is 9.59 Å². The van der Waals surface area contributed by atoms with Gasteiger partial charge in [-0.2, -0.15) is 0 Å². The highest BCUT2D eigenvalue weighted by atomic mass is 32.1. The number of carboxylic acid groups (broad SMARTS) is 1. The number of nitrogens with zero attached hydrogens (tertiary/aromatic N) is 2. The Morgan fingerprint density at radius 1 is 1.33 bits per heavy atom. The molecule has 110 valence electrons. The minimum absolute atomic E-state index is 0.118. The Morgan fingerprint density at radius 3 is 2.62 bits per heavy atom. The molecule has 0 aliphatic heterocycles. The molecule has 2 rings (SSSR count). The number of amides is 1. The summed E-state index contributed by atoms with van der Waals surface area (Å²) in [5.41, 5.74) is 0.740. The Bertz CT molecular complexity index is 653. The van der Waals surface area contributed by atoms with E-state index in [2.05, 4.69) is 4.98 Å². The lowest BCUT2D eigenvalue weighted by Gasteiger charge is -2.20. The van der Waals surface area contributed by atoms with E-state index in [0.29, 0.717) is 18.8 Å². The second kappa shape index (κ2) is 6.49. The molecular weight excluding hydrogens is 288 g/mol. The summed E-state index contributed by atoms with van der Waals surface area (Å²) in [6, 6.07) is 6.82. The Kier molecular flexibility index (Phi) is 4.70. The number of hydrogen-bond acceptors (Lipinski definition) is 4. The van der Waals surface area contributed by atoms with Gasteiger partial charge in [0.15, 0.2) is 0 Å². The average molecular weight is 304 g/mol. The summed E-state index contributed by atoms with van der Waals surface area (Å²) < 4.78 is 0. The van der Waals surface area contributed by atoms with Crippen molar-refractivity contribution in [2.75, 3.05) is 6.54 Å². The van der Waals surface area contributed by atoms with Gasteiger partial charge in [-0.3, -0.25) is 4.79 Å². The maximum absolute atomic E-state index is 12.5. The minimum Gasteiger partial charge on any atom is -0.478 e. The van der Waals surface area contributed by atoms with Crippen LogP contribution in [0.3, 0.4) is 0 Å². The fourth-order valence-corrected chi connectivity index (χ4v) is 2.71. The van der Waals surface area contributed by atoms with Gasteiger partial charge in [-0.05, 0) is 37.4 Å². The number of aromatic nitrogens is 1. The summed E-state index contributed by atoms with van der Waals surface area (Å²) in [7, 11) is 0. The third-order valence-electron chi connectivity index (χ3n) is 3.13. The highest BCUT2D eigenvalue weighted by molar-refractivity contribution is 7.09. The number of hydrogen-bond donors (Lipinski definition) is 1. The summed E-state index contributed by atoms with van der Waals surface area (Å²) in [5.74, 6) is -1.23. The Labute approximate surface area is 126 Å². The van der Waals surface area contributed by atoms with E-state index in [4.69, 9.17) is 5.11 Å². The van der Waals surface area contributed by atoms with Crippen LogP contribution in [0.5, 0.6) is 0 Å². The number of rotatable bonds is 5. The van der Waals surface area contributed by atoms with E-state index in [1.165, 1.54) is 12.1 Å². The molecule has 5 nitrogen and oxygen atoms in total. The van der Waals surface area contributed by atoms with E-state index in [1.807, 2.05) is 24.4 Å². The van der Waals surface area contributed by atoms with E-state index in [1.54, 1.807) is 23.2 Å². The molecule has 0 aliphatic carbocycles. The van der Waals surface area contributed by atoms with Crippen LogP contribution in [-0.4, -0.2) is 33.4 Å². The molecule has 0 aromatic carbocycles. The van der Waals surface area contributed by atoms with Crippen molar-refractivity contribution in [3.8, 4) is 0 Å². The van der Waals surface area contributed by atoms with Crippen LogP contribution in [0, 0.1) is 6.92 Å². The molecule has 0 saturated heterocycles. The topological polar surface area (TPSA) is 70.5 Å². The van der Waals surface area contributed by atoms with Crippen molar-refractivity contribution in [1.29, 1.82) is 0 Å². The number of aryl methyl sites for hydroxylation is 1. The summed E-state index contributed by atoms with van der Waals surface area (Å²) >= 11 is 1.60. The Morgan fingerprint density at radius 2 is 2.10 bits per heavy atom. The molecule has 1 N–H and O–H groups in total. The van der Waals surface area contributed by atoms with Gasteiger partial charge in [0.2, 0.25) is 0 Å². The van der Waals surface area contributed by atoms with Gasteiger partial charge in [0.25, 0.3) is 5.91 Å². The first kappa shape index (κ1) is 15.2. The van der Waals surface area contributed by atoms with Gasteiger partial charge in [0.05, 0.1) is 17.8 Å². The highest BCUT2D eigenvalue weighted by Crippen LogP contribution is 2.15. The molecule has 0 radical (unpaired) electrons. The zero-order chi connectivity index (χ0) is 15.4. The molecule has 0 saturated carbocycles. The highest BCUT2D eigenvalue weighted by Gasteiger charge is 2.18. The fraction of sp³-hybridized carbons (Fsp3) is 0.267. The van der Waals surface area contributed by atoms with Gasteiger partial charge >= 0.3 is 5.97 Å². The van der Waals surface area contributed by atoms with Gasteiger partial charge in [-0.1, -0.05) is 6.07 Å². The number of thiophene rings is 1. The van der Waals surface area contributed by atoms with Gasteiger partial charge < -0.3 is 10.0 Å². The second-order valence-corrected chi connectivity index (χ2v) is 5.57. The molecule has 0 fully saturated rings. The van der Waals surface area contributed by atoms with Crippen molar-refractivity contribution in [3.05, 3.63) is 51.5 Å². The zero-order valence-corrected chi connectivity index (χ0v) is 12.7. The molecule has 0 bridgehead atoms. The maximum atomic E-state index is 12.5. The summed E-state index contributed by atoms with van der Waals surface area (Å²) in [4.78, 5) is 30.3. The summed E-state index contributed by atoms with van der Waals surface area (Å²) in [5, 5.41) is 11.0. The van der Waals surface area contributed by atoms with Crippen LogP contribution in [0.2, 0.25) is 0 Å². The number of carbonyl (C=O) groups is 2. The molecular formula is C15H16N2O3S. The van der Waals surface area contributed by atoms with Crippen LogP contribution in [0.15, 0.2) is 29.6 Å². The lowest BCUT2D eigenvalue weighted by molar-refractivity contribution is 0.0691. The third-order valence-corrected chi connectivity index (χ3v) is 3.99. The lowest BCUT2D eigenvalue weighted by atomic mass is 10.2. The first-order chi connectivity index (χ1) is 10.0. The fourth-order valence-electron chi connectivity index (χ4n) is 1.99. The van der Waals surface area contributed by atoms with Crippen molar-refractivity contribution < 1.29 is 14.7 Å². The van der Waals surface area contributed by atoms with E-state index in [-0.39, 0.29) is 17.2 Å². The molecule has 0 spiro atoms. The van der Waals surface area contributed by atoms with Crippen LogP contribution in [0.4, 0.5) is 0 Å². The summed E-state index contributed by atoms with van der Waals surface area (Å²) in [6.45, 7) is 4.60. The van der Waals surface area contributed by atoms with Crippen molar-refractivity contribution in [2.24, 2.45) is 0 Å².